The van der Waals surface area contributed by atoms with Crippen molar-refractivity contribution >= 4 is 6.03 Å². The van der Waals surface area contributed by atoms with Crippen LogP contribution in [0, 0.1) is 0 Å². The van der Waals surface area contributed by atoms with Crippen molar-refractivity contribution in [2.45, 2.75) is 25.6 Å². The van der Waals surface area contributed by atoms with Crippen LogP contribution in [0.5, 0.6) is 0 Å². The lowest BCUT2D eigenvalue weighted by Gasteiger charge is -2.30. The first-order chi connectivity index (χ1) is 5.27. The quantitative estimate of drug-likeness (QED) is 0.429. The number of nitrogens with zero attached hydrogens (tertiary/aromatic N) is 1. The Balaban J connectivity index is 2.09. The van der Waals surface area contributed by atoms with Crippen molar-refractivity contribution in [3.63, 3.8) is 0 Å². The molecule has 0 aliphatic carbocycles. The van der Waals surface area contributed by atoms with Crippen molar-refractivity contribution in [1.29, 1.82) is 0 Å². The van der Waals surface area contributed by atoms with Gasteiger partial charge in [-0.15, -0.1) is 0 Å². The fraction of sp³-hybridized carbons (Fsp3) is 0.833. The largest absolute Gasteiger partial charge is 0.334 e. The van der Waals surface area contributed by atoms with Crippen molar-refractivity contribution < 1.29 is 4.79 Å². The molecule has 5 heteroatoms. The third-order valence-corrected chi connectivity index (χ3v) is 2.04. The van der Waals surface area contributed by atoms with E-state index in [2.05, 4.69) is 23.0 Å². The van der Waals surface area contributed by atoms with Crippen LogP contribution in [0.1, 0.15) is 13.3 Å². The highest BCUT2D eigenvalue weighted by atomic mass is 16.2. The first kappa shape index (κ1) is 6.87. The molecule has 0 aromatic rings. The Morgan fingerprint density at radius 2 is 2.45 bits per heavy atom. The van der Waals surface area contributed by atoms with Gasteiger partial charge in [-0.3, -0.25) is 5.32 Å². The number of fused-ring (bicyclic) bond motifs is 1. The minimum Gasteiger partial charge on any atom is -0.324 e. The molecule has 2 rings (SSSR count). The predicted octanol–water partition coefficient (Wildman–Crippen LogP) is -0.818. The van der Waals surface area contributed by atoms with Crippen LogP contribution in [0.3, 0.4) is 0 Å². The average Bonchev–Trinajstić information content (AvgIpc) is 2.31. The topological polar surface area (TPSA) is 56.4 Å². The molecule has 2 saturated heterocycles. The molecule has 0 spiro atoms. The summed E-state index contributed by atoms with van der Waals surface area (Å²) in [4.78, 5) is 11.1. The summed E-state index contributed by atoms with van der Waals surface area (Å²) in [5.41, 5.74) is 3.06. The van der Waals surface area contributed by atoms with E-state index in [0.29, 0.717) is 12.7 Å². The minimum atomic E-state index is -0.0295. The molecule has 2 aliphatic heterocycles. The van der Waals surface area contributed by atoms with Gasteiger partial charge in [-0.25, -0.2) is 15.2 Å². The fourth-order valence-electron chi connectivity index (χ4n) is 1.52. The van der Waals surface area contributed by atoms with E-state index in [1.54, 1.807) is 5.01 Å². The Morgan fingerprint density at radius 3 is 3.18 bits per heavy atom. The van der Waals surface area contributed by atoms with Crippen molar-refractivity contribution in [3.05, 3.63) is 0 Å². The van der Waals surface area contributed by atoms with Crippen LogP contribution in [0.2, 0.25) is 0 Å². The maximum absolute atomic E-state index is 11.1. The molecule has 0 saturated carbocycles. The second-order valence-corrected chi connectivity index (χ2v) is 3.01. The van der Waals surface area contributed by atoms with E-state index in [-0.39, 0.29) is 12.2 Å². The molecule has 5 nitrogen and oxygen atoms in total. The first-order valence-corrected chi connectivity index (χ1v) is 3.84. The molecule has 3 N–H and O–H groups in total. The molecule has 2 heterocycles. The van der Waals surface area contributed by atoms with Gasteiger partial charge in [0.05, 0.1) is 6.67 Å². The van der Waals surface area contributed by atoms with Crippen LogP contribution in [-0.4, -0.2) is 29.9 Å². The summed E-state index contributed by atoms with van der Waals surface area (Å²) in [6.45, 7) is 2.64. The molecule has 2 fully saturated rings. The molecule has 0 aromatic heterocycles. The Hall–Kier alpha value is -0.810. The fourth-order valence-corrected chi connectivity index (χ4v) is 1.52. The molecule has 2 unspecified atom stereocenters. The number of hydrogen-bond donors (Lipinski definition) is 3. The SMILES string of the molecule is CC1CC2NCNC(=O)N2N1. The lowest BCUT2D eigenvalue weighted by atomic mass is 10.2. The summed E-state index contributed by atoms with van der Waals surface area (Å²) in [7, 11) is 0. The molecule has 62 valence electrons. The molecule has 0 radical (unpaired) electrons. The summed E-state index contributed by atoms with van der Waals surface area (Å²) >= 11 is 0. The molecule has 2 aliphatic rings. The second kappa shape index (κ2) is 2.35. The van der Waals surface area contributed by atoms with Crippen molar-refractivity contribution in [3.8, 4) is 0 Å². The first-order valence-electron chi connectivity index (χ1n) is 3.84. The van der Waals surface area contributed by atoms with Gasteiger partial charge in [0, 0.05) is 6.04 Å². The van der Waals surface area contributed by atoms with E-state index in [0.717, 1.165) is 6.42 Å². The van der Waals surface area contributed by atoms with Crippen LogP contribution < -0.4 is 16.1 Å². The molecule has 0 aromatic carbocycles. The number of carbonyl (C=O) groups excluding carboxylic acids is 1. The van der Waals surface area contributed by atoms with Crippen LogP contribution in [0.4, 0.5) is 4.79 Å². The maximum atomic E-state index is 11.1. The van der Waals surface area contributed by atoms with Gasteiger partial charge in [-0.1, -0.05) is 0 Å². The smallest absolute Gasteiger partial charge is 0.324 e. The molecule has 11 heavy (non-hydrogen) atoms. The van der Waals surface area contributed by atoms with E-state index in [4.69, 9.17) is 0 Å². The summed E-state index contributed by atoms with van der Waals surface area (Å²) in [6, 6.07) is 0.356. The van der Waals surface area contributed by atoms with Gasteiger partial charge in [-0.05, 0) is 13.3 Å². The maximum Gasteiger partial charge on any atom is 0.334 e. The highest BCUT2D eigenvalue weighted by Crippen LogP contribution is 2.13. The van der Waals surface area contributed by atoms with Gasteiger partial charge in [0.25, 0.3) is 0 Å². The Labute approximate surface area is 65.1 Å². The predicted molar refractivity (Wildman–Crippen MR) is 39.4 cm³/mol. The summed E-state index contributed by atoms with van der Waals surface area (Å²) in [5.74, 6) is 0. The van der Waals surface area contributed by atoms with Gasteiger partial charge < -0.3 is 5.32 Å². The third kappa shape index (κ3) is 1.06. The van der Waals surface area contributed by atoms with Crippen LogP contribution in [-0.2, 0) is 0 Å². The highest BCUT2D eigenvalue weighted by molar-refractivity contribution is 5.74. The van der Waals surface area contributed by atoms with Crippen LogP contribution >= 0.6 is 0 Å². The molecular weight excluding hydrogens is 144 g/mol. The lowest BCUT2D eigenvalue weighted by molar-refractivity contribution is 0.135. The molecule has 0 bridgehead atoms. The molecule has 2 amide bonds. The zero-order valence-electron chi connectivity index (χ0n) is 6.42. The number of hydrogen-bond acceptors (Lipinski definition) is 3. The number of amides is 2. The van der Waals surface area contributed by atoms with E-state index < -0.39 is 0 Å². The molecule has 2 atom stereocenters. The zero-order chi connectivity index (χ0) is 7.84. The standard InChI is InChI=1S/C6H12N4O/c1-4-2-5-7-3-8-6(11)10(5)9-4/h4-5,7,9H,2-3H2,1H3,(H,8,11). The summed E-state index contributed by atoms with van der Waals surface area (Å²) in [6.07, 6.45) is 1.16. The van der Waals surface area contributed by atoms with Gasteiger partial charge in [0.1, 0.15) is 6.17 Å². The van der Waals surface area contributed by atoms with Crippen LogP contribution in [0.15, 0.2) is 0 Å². The van der Waals surface area contributed by atoms with Gasteiger partial charge >= 0.3 is 6.03 Å². The average molecular weight is 156 g/mol. The Morgan fingerprint density at radius 1 is 1.64 bits per heavy atom. The third-order valence-electron chi connectivity index (χ3n) is 2.04. The monoisotopic (exact) mass is 156 g/mol. The van der Waals surface area contributed by atoms with E-state index in [9.17, 15) is 4.79 Å². The highest BCUT2D eigenvalue weighted by Gasteiger charge is 2.34. The Kier molecular flexibility index (Phi) is 1.47. The summed E-state index contributed by atoms with van der Waals surface area (Å²) in [5, 5.41) is 7.48. The van der Waals surface area contributed by atoms with Gasteiger partial charge in [-0.2, -0.15) is 0 Å². The van der Waals surface area contributed by atoms with Crippen molar-refractivity contribution in [2.24, 2.45) is 0 Å². The minimum absolute atomic E-state index is 0.0295. The van der Waals surface area contributed by atoms with E-state index >= 15 is 0 Å². The number of hydrazine groups is 1. The van der Waals surface area contributed by atoms with Gasteiger partial charge in [0.2, 0.25) is 0 Å². The zero-order valence-corrected chi connectivity index (χ0v) is 6.42. The van der Waals surface area contributed by atoms with E-state index in [1.807, 2.05) is 0 Å². The number of carbonyl (C=O) groups is 1. The lowest BCUT2D eigenvalue weighted by Crippen LogP contribution is -2.61. The number of rotatable bonds is 0. The molecular formula is C6H12N4O. The number of nitrogens with one attached hydrogen (secondary N) is 3. The second-order valence-electron chi connectivity index (χ2n) is 3.01. The Bertz CT molecular complexity index is 183. The van der Waals surface area contributed by atoms with Gasteiger partial charge in [0.15, 0.2) is 0 Å². The van der Waals surface area contributed by atoms with Crippen molar-refractivity contribution in [1.82, 2.24) is 21.1 Å². The van der Waals surface area contributed by atoms with Crippen molar-refractivity contribution in [2.75, 3.05) is 6.67 Å². The normalized spacial score (nSPS) is 36.8. The summed E-state index contributed by atoms with van der Waals surface area (Å²) < 4.78 is 0. The van der Waals surface area contributed by atoms with Crippen LogP contribution in [0.25, 0.3) is 0 Å². The van der Waals surface area contributed by atoms with E-state index in [1.165, 1.54) is 0 Å². The number of urea groups is 1.